The molecule has 0 aromatic carbocycles. The number of hydrogen-bond acceptors (Lipinski definition) is 4. The van der Waals surface area contributed by atoms with E-state index < -0.39 is 18.1 Å². The fourth-order valence-electron chi connectivity index (χ4n) is 0.827. The topological polar surface area (TPSA) is 75.6 Å². The van der Waals surface area contributed by atoms with Gasteiger partial charge in [-0.05, 0) is 13.8 Å². The van der Waals surface area contributed by atoms with Gasteiger partial charge < -0.3 is 15.2 Å². The maximum atomic E-state index is 11.1. The molecule has 1 amide bonds. The number of amides is 1. The smallest absolute Gasteiger partial charge is 0.331 e. The standard InChI is InChI=1S/C8H15NO4/c1-4-13-8(12)7(5(2)10)9-6(3)11/h5,7,10H,4H2,1-3H3,(H,9,11)/t5-,7+/m0/s1. The summed E-state index contributed by atoms with van der Waals surface area (Å²) in [6.45, 7) is 4.57. The number of nitrogens with one attached hydrogen (secondary N) is 1. The summed E-state index contributed by atoms with van der Waals surface area (Å²) in [6.07, 6.45) is -0.956. The first-order valence-electron chi connectivity index (χ1n) is 4.10. The lowest BCUT2D eigenvalue weighted by Crippen LogP contribution is -2.47. The van der Waals surface area contributed by atoms with Gasteiger partial charge in [0.25, 0.3) is 0 Å². The van der Waals surface area contributed by atoms with Gasteiger partial charge in [-0.25, -0.2) is 4.79 Å². The van der Waals surface area contributed by atoms with Crippen molar-refractivity contribution in [1.82, 2.24) is 5.32 Å². The Kier molecular flexibility index (Phi) is 5.06. The van der Waals surface area contributed by atoms with Crippen LogP contribution in [0.3, 0.4) is 0 Å². The van der Waals surface area contributed by atoms with Gasteiger partial charge in [0.2, 0.25) is 5.91 Å². The molecule has 0 aliphatic carbocycles. The van der Waals surface area contributed by atoms with Crippen LogP contribution in [0.5, 0.6) is 0 Å². The van der Waals surface area contributed by atoms with Gasteiger partial charge in [0.15, 0.2) is 6.04 Å². The van der Waals surface area contributed by atoms with Gasteiger partial charge in [0.1, 0.15) is 0 Å². The molecule has 0 rings (SSSR count). The highest BCUT2D eigenvalue weighted by Gasteiger charge is 2.25. The van der Waals surface area contributed by atoms with Crippen molar-refractivity contribution in [2.24, 2.45) is 0 Å². The van der Waals surface area contributed by atoms with Crippen molar-refractivity contribution in [3.63, 3.8) is 0 Å². The number of aliphatic hydroxyl groups excluding tert-OH is 1. The van der Waals surface area contributed by atoms with E-state index in [9.17, 15) is 9.59 Å². The number of carbonyl (C=O) groups is 2. The van der Waals surface area contributed by atoms with Crippen LogP contribution in [0.15, 0.2) is 0 Å². The summed E-state index contributed by atoms with van der Waals surface area (Å²) in [7, 11) is 0. The number of carbonyl (C=O) groups excluding carboxylic acids is 2. The molecule has 0 aromatic rings. The minimum atomic E-state index is -0.975. The molecule has 0 spiro atoms. The van der Waals surface area contributed by atoms with Gasteiger partial charge in [-0.1, -0.05) is 0 Å². The molecule has 0 unspecified atom stereocenters. The van der Waals surface area contributed by atoms with E-state index in [2.05, 4.69) is 10.1 Å². The van der Waals surface area contributed by atoms with Crippen molar-refractivity contribution in [2.75, 3.05) is 6.61 Å². The molecule has 5 nitrogen and oxygen atoms in total. The maximum Gasteiger partial charge on any atom is 0.331 e. The minimum absolute atomic E-state index is 0.224. The molecule has 2 N–H and O–H groups in total. The van der Waals surface area contributed by atoms with Gasteiger partial charge in [-0.15, -0.1) is 0 Å². The van der Waals surface area contributed by atoms with E-state index in [1.807, 2.05) is 0 Å². The van der Waals surface area contributed by atoms with Crippen LogP contribution in [-0.2, 0) is 14.3 Å². The molecule has 76 valence electrons. The minimum Gasteiger partial charge on any atom is -0.464 e. The molecule has 13 heavy (non-hydrogen) atoms. The molecule has 0 bridgehead atoms. The number of esters is 1. The first-order valence-corrected chi connectivity index (χ1v) is 4.10. The van der Waals surface area contributed by atoms with Gasteiger partial charge in [-0.3, -0.25) is 4.79 Å². The number of hydrogen-bond donors (Lipinski definition) is 2. The Morgan fingerprint density at radius 3 is 2.38 bits per heavy atom. The third-order valence-electron chi connectivity index (χ3n) is 1.38. The fraction of sp³-hybridized carbons (Fsp3) is 0.750. The lowest BCUT2D eigenvalue weighted by Gasteiger charge is -2.18. The van der Waals surface area contributed by atoms with Crippen LogP contribution in [0.1, 0.15) is 20.8 Å². The third-order valence-corrected chi connectivity index (χ3v) is 1.38. The van der Waals surface area contributed by atoms with Crippen molar-refractivity contribution >= 4 is 11.9 Å². The van der Waals surface area contributed by atoms with E-state index in [0.717, 1.165) is 0 Å². The second kappa shape index (κ2) is 5.53. The normalized spacial score (nSPS) is 14.5. The maximum absolute atomic E-state index is 11.1. The summed E-state index contributed by atoms with van der Waals surface area (Å²) in [5.74, 6) is -0.994. The third kappa shape index (κ3) is 4.47. The predicted octanol–water partition coefficient (Wildman–Crippen LogP) is -0.565. The van der Waals surface area contributed by atoms with Crippen molar-refractivity contribution in [1.29, 1.82) is 0 Å². The molecule has 0 saturated heterocycles. The van der Waals surface area contributed by atoms with E-state index in [1.165, 1.54) is 13.8 Å². The van der Waals surface area contributed by atoms with Crippen molar-refractivity contribution in [3.8, 4) is 0 Å². The molecule has 2 atom stereocenters. The Bertz CT molecular complexity index is 191. The SMILES string of the molecule is CCOC(=O)[C@H](NC(C)=O)[C@H](C)O. The molecule has 0 aliphatic rings. The average molecular weight is 189 g/mol. The number of ether oxygens (including phenoxy) is 1. The summed E-state index contributed by atoms with van der Waals surface area (Å²) >= 11 is 0. The summed E-state index contributed by atoms with van der Waals surface area (Å²) in [5.41, 5.74) is 0. The van der Waals surface area contributed by atoms with Crippen molar-refractivity contribution < 1.29 is 19.4 Å². The quantitative estimate of drug-likeness (QED) is 0.581. The second-order valence-electron chi connectivity index (χ2n) is 2.67. The predicted molar refractivity (Wildman–Crippen MR) is 45.9 cm³/mol. The molecule has 0 heterocycles. The van der Waals surface area contributed by atoms with Crippen LogP contribution >= 0.6 is 0 Å². The van der Waals surface area contributed by atoms with Crippen LogP contribution in [0, 0.1) is 0 Å². The zero-order valence-electron chi connectivity index (χ0n) is 8.03. The highest BCUT2D eigenvalue weighted by molar-refractivity contribution is 5.83. The monoisotopic (exact) mass is 189 g/mol. The van der Waals surface area contributed by atoms with E-state index >= 15 is 0 Å². The van der Waals surface area contributed by atoms with Crippen LogP contribution < -0.4 is 5.32 Å². The first-order chi connectivity index (χ1) is 5.99. The van der Waals surface area contributed by atoms with Gasteiger partial charge in [0, 0.05) is 6.92 Å². The van der Waals surface area contributed by atoms with Gasteiger partial charge >= 0.3 is 5.97 Å². The van der Waals surface area contributed by atoms with E-state index in [4.69, 9.17) is 5.11 Å². The molecule has 0 aromatic heterocycles. The van der Waals surface area contributed by atoms with Crippen molar-refractivity contribution in [3.05, 3.63) is 0 Å². The van der Waals surface area contributed by atoms with Crippen LogP contribution in [0.4, 0.5) is 0 Å². The van der Waals surface area contributed by atoms with Crippen molar-refractivity contribution in [2.45, 2.75) is 32.9 Å². The Hall–Kier alpha value is -1.10. The van der Waals surface area contributed by atoms with E-state index in [0.29, 0.717) is 0 Å². The summed E-state index contributed by atoms with van der Waals surface area (Å²) in [6, 6.07) is -0.975. The Morgan fingerprint density at radius 2 is 2.08 bits per heavy atom. The Balaban J connectivity index is 4.24. The molecular formula is C8H15NO4. The van der Waals surface area contributed by atoms with Crippen LogP contribution in [0.25, 0.3) is 0 Å². The largest absolute Gasteiger partial charge is 0.464 e. The van der Waals surface area contributed by atoms with E-state index in [-0.39, 0.29) is 12.5 Å². The highest BCUT2D eigenvalue weighted by atomic mass is 16.5. The first kappa shape index (κ1) is 11.9. The fourth-order valence-corrected chi connectivity index (χ4v) is 0.827. The molecule has 0 fully saturated rings. The highest BCUT2D eigenvalue weighted by Crippen LogP contribution is 1.96. The lowest BCUT2D eigenvalue weighted by atomic mass is 10.2. The van der Waals surface area contributed by atoms with E-state index in [1.54, 1.807) is 6.92 Å². The average Bonchev–Trinajstić information content (AvgIpc) is 1.99. The Morgan fingerprint density at radius 1 is 1.54 bits per heavy atom. The second-order valence-corrected chi connectivity index (χ2v) is 2.67. The number of aliphatic hydroxyl groups is 1. The Labute approximate surface area is 77.1 Å². The molecule has 5 heteroatoms. The van der Waals surface area contributed by atoms with Gasteiger partial charge in [-0.2, -0.15) is 0 Å². The number of rotatable bonds is 4. The lowest BCUT2D eigenvalue weighted by molar-refractivity contribution is -0.150. The van der Waals surface area contributed by atoms with Crippen LogP contribution in [0.2, 0.25) is 0 Å². The van der Waals surface area contributed by atoms with Gasteiger partial charge in [0.05, 0.1) is 12.7 Å². The molecular weight excluding hydrogens is 174 g/mol. The summed E-state index contributed by atoms with van der Waals surface area (Å²) in [5, 5.41) is 11.4. The summed E-state index contributed by atoms with van der Waals surface area (Å²) < 4.78 is 4.65. The zero-order valence-corrected chi connectivity index (χ0v) is 8.03. The molecule has 0 aliphatic heterocycles. The molecule has 0 radical (unpaired) electrons. The zero-order chi connectivity index (χ0) is 10.4. The summed E-state index contributed by atoms with van der Waals surface area (Å²) in [4.78, 5) is 21.8. The molecule has 0 saturated carbocycles. The van der Waals surface area contributed by atoms with Crippen LogP contribution in [-0.4, -0.2) is 35.7 Å².